The van der Waals surface area contributed by atoms with E-state index in [0.717, 1.165) is 42.0 Å². The predicted octanol–water partition coefficient (Wildman–Crippen LogP) is 10.1. The van der Waals surface area contributed by atoms with Crippen LogP contribution in [-0.2, 0) is 6.18 Å². The first kappa shape index (κ1) is 34.2. The molecule has 0 N–H and O–H groups in total. The molecule has 0 bridgehead atoms. The standard InChI is InChI=1S/C24H20F3NO.C17H16BrNO/c25-24(26,27)22-9-5-4-8-21(22)18-10-12-19(13-11-18)23(29)28-15-14-20(16-28)17-6-2-1-3-7-17;18-16-8-6-14(7-9-16)17(20)19-11-10-15(12-19)13-4-2-1-3-5-13/h1-13,20H,14-16H2;1-9,15H,10-12H2. The molecule has 2 fully saturated rings. The second-order valence-electron chi connectivity index (χ2n) is 12.4. The average Bonchev–Trinajstić information content (AvgIpc) is 3.84. The van der Waals surface area contributed by atoms with E-state index in [2.05, 4.69) is 52.3 Å². The topological polar surface area (TPSA) is 40.6 Å². The summed E-state index contributed by atoms with van der Waals surface area (Å²) in [6, 6.07) is 40.0. The van der Waals surface area contributed by atoms with Crippen molar-refractivity contribution < 1.29 is 22.8 Å². The number of nitrogens with zero attached hydrogens (tertiary/aromatic N) is 2. The molecule has 0 aliphatic carbocycles. The summed E-state index contributed by atoms with van der Waals surface area (Å²) in [7, 11) is 0. The second kappa shape index (κ2) is 15.2. The summed E-state index contributed by atoms with van der Waals surface area (Å²) in [5.74, 6) is 0.837. The van der Waals surface area contributed by atoms with Crippen molar-refractivity contribution in [2.75, 3.05) is 26.2 Å². The predicted molar refractivity (Wildman–Crippen MR) is 190 cm³/mol. The minimum atomic E-state index is -4.42. The summed E-state index contributed by atoms with van der Waals surface area (Å²) >= 11 is 3.39. The highest BCUT2D eigenvalue weighted by Crippen LogP contribution is 2.37. The number of carbonyl (C=O) groups is 2. The molecule has 2 unspecified atom stereocenters. The van der Waals surface area contributed by atoms with Crippen molar-refractivity contribution in [1.82, 2.24) is 9.80 Å². The van der Waals surface area contributed by atoms with Crippen LogP contribution in [0.1, 0.15) is 62.1 Å². The van der Waals surface area contributed by atoms with Crippen LogP contribution in [0.15, 0.2) is 138 Å². The van der Waals surface area contributed by atoms with Crippen LogP contribution in [0.3, 0.4) is 0 Å². The highest BCUT2D eigenvalue weighted by Gasteiger charge is 2.33. The molecule has 2 atom stereocenters. The van der Waals surface area contributed by atoms with E-state index < -0.39 is 11.7 Å². The van der Waals surface area contributed by atoms with Crippen molar-refractivity contribution in [2.24, 2.45) is 0 Å². The molecule has 2 heterocycles. The Morgan fingerprint density at radius 1 is 0.571 bits per heavy atom. The maximum Gasteiger partial charge on any atom is 0.417 e. The normalized spacial score (nSPS) is 17.4. The zero-order valence-electron chi connectivity index (χ0n) is 26.8. The first-order valence-corrected chi connectivity index (χ1v) is 17.2. The fourth-order valence-electron chi connectivity index (χ4n) is 6.62. The van der Waals surface area contributed by atoms with Crippen molar-refractivity contribution in [1.29, 1.82) is 0 Å². The number of rotatable bonds is 5. The fraction of sp³-hybridized carbons (Fsp3) is 0.220. The van der Waals surface area contributed by atoms with Crippen LogP contribution in [-0.4, -0.2) is 47.8 Å². The van der Waals surface area contributed by atoms with Gasteiger partial charge in [0.1, 0.15) is 0 Å². The zero-order valence-corrected chi connectivity index (χ0v) is 28.4. The molecule has 5 aromatic rings. The molecule has 2 amide bonds. The molecular weight excluding hydrogens is 689 g/mol. The van der Waals surface area contributed by atoms with E-state index >= 15 is 0 Å². The molecule has 49 heavy (non-hydrogen) atoms. The molecule has 250 valence electrons. The van der Waals surface area contributed by atoms with Gasteiger partial charge in [-0.3, -0.25) is 9.59 Å². The minimum absolute atomic E-state index is 0.0842. The van der Waals surface area contributed by atoms with Gasteiger partial charge >= 0.3 is 6.18 Å². The highest BCUT2D eigenvalue weighted by molar-refractivity contribution is 9.10. The molecule has 2 saturated heterocycles. The van der Waals surface area contributed by atoms with Crippen LogP contribution in [0.4, 0.5) is 13.2 Å². The van der Waals surface area contributed by atoms with E-state index in [4.69, 9.17) is 0 Å². The molecule has 0 spiro atoms. The number of halogens is 4. The van der Waals surface area contributed by atoms with Gasteiger partial charge in [0.2, 0.25) is 0 Å². The Kier molecular flexibility index (Phi) is 10.6. The molecule has 0 radical (unpaired) electrons. The molecule has 0 aromatic heterocycles. The number of amides is 2. The Labute approximate surface area is 293 Å². The molecule has 0 saturated carbocycles. The van der Waals surface area contributed by atoms with E-state index in [1.54, 1.807) is 30.3 Å². The van der Waals surface area contributed by atoms with Crippen LogP contribution in [0.5, 0.6) is 0 Å². The van der Waals surface area contributed by atoms with Gasteiger partial charge in [-0.25, -0.2) is 0 Å². The first-order valence-electron chi connectivity index (χ1n) is 16.4. The summed E-state index contributed by atoms with van der Waals surface area (Å²) in [6.45, 7) is 2.99. The number of carbonyl (C=O) groups excluding carboxylic acids is 2. The lowest BCUT2D eigenvalue weighted by molar-refractivity contribution is -0.137. The third kappa shape index (κ3) is 8.31. The summed E-state index contributed by atoms with van der Waals surface area (Å²) in [6.07, 6.45) is -2.47. The number of alkyl halides is 3. The van der Waals surface area contributed by atoms with Crippen molar-refractivity contribution >= 4 is 27.7 Å². The SMILES string of the molecule is O=C(c1ccc(-c2ccccc2C(F)(F)F)cc1)N1CCC(c2ccccc2)C1.O=C(c1ccc(Br)cc1)N1CCC(c2ccccc2)C1. The summed E-state index contributed by atoms with van der Waals surface area (Å²) < 4.78 is 40.8. The third-order valence-corrected chi connectivity index (χ3v) is 9.79. The Balaban J connectivity index is 0.000000182. The average molecular weight is 726 g/mol. The van der Waals surface area contributed by atoms with Gasteiger partial charge in [-0.15, -0.1) is 0 Å². The zero-order chi connectivity index (χ0) is 34.4. The number of likely N-dealkylation sites (tertiary alicyclic amines) is 2. The van der Waals surface area contributed by atoms with Gasteiger partial charge in [0.15, 0.2) is 0 Å². The van der Waals surface area contributed by atoms with Crippen LogP contribution < -0.4 is 0 Å². The third-order valence-electron chi connectivity index (χ3n) is 9.26. The maximum atomic E-state index is 13.3. The van der Waals surface area contributed by atoms with Crippen molar-refractivity contribution in [2.45, 2.75) is 30.9 Å². The summed E-state index contributed by atoms with van der Waals surface area (Å²) in [5, 5.41) is 0. The quantitative estimate of drug-likeness (QED) is 0.181. The van der Waals surface area contributed by atoms with Gasteiger partial charge in [0.25, 0.3) is 11.8 Å². The van der Waals surface area contributed by atoms with Crippen LogP contribution in [0, 0.1) is 0 Å². The minimum Gasteiger partial charge on any atom is -0.338 e. The van der Waals surface area contributed by atoms with Gasteiger partial charge < -0.3 is 9.80 Å². The smallest absolute Gasteiger partial charge is 0.338 e. The molecule has 5 aromatic carbocycles. The van der Waals surface area contributed by atoms with Gasteiger partial charge in [0, 0.05) is 53.6 Å². The molecule has 2 aliphatic rings. The summed E-state index contributed by atoms with van der Waals surface area (Å²) in [4.78, 5) is 29.1. The highest BCUT2D eigenvalue weighted by atomic mass is 79.9. The van der Waals surface area contributed by atoms with E-state index in [0.29, 0.717) is 36.1 Å². The van der Waals surface area contributed by atoms with Crippen molar-refractivity contribution in [3.05, 3.63) is 166 Å². The Morgan fingerprint density at radius 3 is 1.47 bits per heavy atom. The van der Waals surface area contributed by atoms with Crippen molar-refractivity contribution in [3.63, 3.8) is 0 Å². The van der Waals surface area contributed by atoms with Gasteiger partial charge in [-0.05, 0) is 77.6 Å². The monoisotopic (exact) mass is 724 g/mol. The number of hydrogen-bond donors (Lipinski definition) is 0. The lowest BCUT2D eigenvalue weighted by atomic mass is 9.98. The number of hydrogen-bond acceptors (Lipinski definition) is 2. The molecule has 8 heteroatoms. The van der Waals surface area contributed by atoms with E-state index in [9.17, 15) is 22.8 Å². The number of benzene rings is 5. The Hall–Kier alpha value is -4.69. The van der Waals surface area contributed by atoms with Gasteiger partial charge in [0.05, 0.1) is 5.56 Å². The van der Waals surface area contributed by atoms with E-state index in [-0.39, 0.29) is 17.4 Å². The molecule has 7 rings (SSSR count). The summed E-state index contributed by atoms with van der Waals surface area (Å²) in [5.41, 5.74) is 3.70. The lowest BCUT2D eigenvalue weighted by Gasteiger charge is -2.17. The first-order chi connectivity index (χ1) is 23.7. The fourth-order valence-corrected chi connectivity index (χ4v) is 6.88. The lowest BCUT2D eigenvalue weighted by Crippen LogP contribution is -2.28. The van der Waals surface area contributed by atoms with Crippen LogP contribution >= 0.6 is 15.9 Å². The van der Waals surface area contributed by atoms with Gasteiger partial charge in [-0.2, -0.15) is 13.2 Å². The van der Waals surface area contributed by atoms with E-state index in [1.165, 1.54) is 23.3 Å². The molecule has 2 aliphatic heterocycles. The largest absolute Gasteiger partial charge is 0.417 e. The van der Waals surface area contributed by atoms with Crippen LogP contribution in [0.2, 0.25) is 0 Å². The molecule has 4 nitrogen and oxygen atoms in total. The Morgan fingerprint density at radius 2 is 1.00 bits per heavy atom. The maximum absolute atomic E-state index is 13.3. The second-order valence-corrected chi connectivity index (χ2v) is 13.3. The Bertz CT molecular complexity index is 1860. The van der Waals surface area contributed by atoms with Crippen molar-refractivity contribution in [3.8, 4) is 11.1 Å². The van der Waals surface area contributed by atoms with Crippen LogP contribution in [0.25, 0.3) is 11.1 Å². The van der Waals surface area contributed by atoms with E-state index in [1.807, 2.05) is 58.3 Å². The molecular formula is C41H36BrF3N2O2. The van der Waals surface area contributed by atoms with Gasteiger partial charge in [-0.1, -0.05) is 107 Å².